The van der Waals surface area contributed by atoms with Gasteiger partial charge in [0.05, 0.1) is 6.54 Å². The van der Waals surface area contributed by atoms with Gasteiger partial charge in [-0.25, -0.2) is 4.79 Å². The Labute approximate surface area is 77.6 Å². The van der Waals surface area contributed by atoms with Crippen LogP contribution in [0.25, 0.3) is 0 Å². The van der Waals surface area contributed by atoms with Crippen LogP contribution in [0.5, 0.6) is 0 Å². The van der Waals surface area contributed by atoms with Gasteiger partial charge in [-0.05, 0) is 12.8 Å². The van der Waals surface area contributed by atoms with Gasteiger partial charge in [-0.2, -0.15) is 0 Å². The summed E-state index contributed by atoms with van der Waals surface area (Å²) in [5.74, 6) is 0. The van der Waals surface area contributed by atoms with E-state index in [2.05, 4.69) is 5.32 Å². The van der Waals surface area contributed by atoms with E-state index in [1.807, 2.05) is 0 Å². The Morgan fingerprint density at radius 2 is 2.23 bits per heavy atom. The number of carbonyl (C=O) groups is 1. The Morgan fingerprint density at radius 1 is 1.54 bits per heavy atom. The van der Waals surface area contributed by atoms with Crippen LogP contribution in [-0.2, 0) is 9.47 Å². The summed E-state index contributed by atoms with van der Waals surface area (Å²) in [4.78, 5) is 10.9. The van der Waals surface area contributed by atoms with Crippen molar-refractivity contribution in [1.82, 2.24) is 5.32 Å². The molecule has 2 rings (SSSR count). The molecule has 2 fully saturated rings. The van der Waals surface area contributed by atoms with E-state index in [0.29, 0.717) is 6.54 Å². The average Bonchev–Trinajstić information content (AvgIpc) is 2.73. The quantitative estimate of drug-likeness (QED) is 0.699. The van der Waals surface area contributed by atoms with Crippen molar-refractivity contribution in [2.45, 2.75) is 37.4 Å². The van der Waals surface area contributed by atoms with Crippen LogP contribution in [0.4, 0.5) is 4.79 Å². The Balaban J connectivity index is 2.07. The highest BCUT2D eigenvalue weighted by atomic mass is 16.6. The maximum absolute atomic E-state index is 10.9. The summed E-state index contributed by atoms with van der Waals surface area (Å²) in [5, 5.41) is 2.66. The van der Waals surface area contributed by atoms with E-state index in [4.69, 9.17) is 9.47 Å². The number of amides is 1. The molecule has 74 valence electrons. The summed E-state index contributed by atoms with van der Waals surface area (Å²) in [7, 11) is 1.71. The molecule has 0 aromatic rings. The van der Waals surface area contributed by atoms with Crippen LogP contribution < -0.4 is 5.32 Å². The van der Waals surface area contributed by atoms with Gasteiger partial charge in [0.2, 0.25) is 0 Å². The van der Waals surface area contributed by atoms with Crippen LogP contribution in [0.15, 0.2) is 0 Å². The molecule has 1 aliphatic carbocycles. The van der Waals surface area contributed by atoms with E-state index >= 15 is 0 Å². The molecule has 0 aromatic heterocycles. The third-order valence-electron chi connectivity index (χ3n) is 3.12. The van der Waals surface area contributed by atoms with Crippen molar-refractivity contribution in [3.05, 3.63) is 0 Å². The second-order valence-corrected chi connectivity index (χ2v) is 3.75. The van der Waals surface area contributed by atoms with E-state index in [0.717, 1.165) is 12.8 Å². The molecule has 0 radical (unpaired) electrons. The molecule has 1 amide bonds. The van der Waals surface area contributed by atoms with E-state index in [9.17, 15) is 4.79 Å². The minimum absolute atomic E-state index is 0.0903. The summed E-state index contributed by atoms with van der Waals surface area (Å²) < 4.78 is 10.7. The molecule has 2 aliphatic rings. The molecule has 1 saturated carbocycles. The Bertz CT molecular complexity index is 211. The monoisotopic (exact) mass is 185 g/mol. The lowest BCUT2D eigenvalue weighted by atomic mass is 9.94. The summed E-state index contributed by atoms with van der Waals surface area (Å²) >= 11 is 0. The Hall–Kier alpha value is -0.770. The molecular formula is C9H15NO3. The number of rotatable bonds is 2. The molecule has 1 unspecified atom stereocenters. The standard InChI is InChI=1S/C9H15NO3/c1-12-9(4-2-3-5-9)7-6-10-8(11)13-7/h7H,2-6H2,1H3,(H,10,11). The smallest absolute Gasteiger partial charge is 0.407 e. The van der Waals surface area contributed by atoms with Gasteiger partial charge in [-0.15, -0.1) is 0 Å². The minimum Gasteiger partial charge on any atom is -0.441 e. The van der Waals surface area contributed by atoms with Gasteiger partial charge < -0.3 is 14.8 Å². The first-order valence-electron chi connectivity index (χ1n) is 4.76. The van der Waals surface area contributed by atoms with E-state index in [1.54, 1.807) is 7.11 Å². The number of cyclic esters (lactones) is 1. The summed E-state index contributed by atoms with van der Waals surface area (Å²) in [6.45, 7) is 0.590. The van der Waals surface area contributed by atoms with E-state index in [-0.39, 0.29) is 17.8 Å². The highest BCUT2D eigenvalue weighted by Crippen LogP contribution is 2.37. The van der Waals surface area contributed by atoms with Crippen LogP contribution in [0, 0.1) is 0 Å². The zero-order valence-electron chi connectivity index (χ0n) is 7.84. The molecule has 0 spiro atoms. The maximum atomic E-state index is 10.9. The lowest BCUT2D eigenvalue weighted by Gasteiger charge is -2.31. The van der Waals surface area contributed by atoms with Crippen molar-refractivity contribution in [3.63, 3.8) is 0 Å². The van der Waals surface area contributed by atoms with Crippen LogP contribution in [0.2, 0.25) is 0 Å². The third-order valence-corrected chi connectivity index (χ3v) is 3.12. The van der Waals surface area contributed by atoms with E-state index in [1.165, 1.54) is 12.8 Å². The summed E-state index contributed by atoms with van der Waals surface area (Å²) in [6, 6.07) is 0. The van der Waals surface area contributed by atoms with Crippen molar-refractivity contribution >= 4 is 6.09 Å². The molecule has 1 heterocycles. The molecule has 13 heavy (non-hydrogen) atoms. The summed E-state index contributed by atoms with van der Waals surface area (Å²) in [5.41, 5.74) is -0.209. The zero-order chi connectivity index (χ0) is 9.31. The van der Waals surface area contributed by atoms with Crippen molar-refractivity contribution in [2.75, 3.05) is 13.7 Å². The fraction of sp³-hybridized carbons (Fsp3) is 0.889. The van der Waals surface area contributed by atoms with Crippen molar-refractivity contribution in [2.24, 2.45) is 0 Å². The number of hydrogen-bond donors (Lipinski definition) is 1. The second kappa shape index (κ2) is 3.18. The van der Waals surface area contributed by atoms with Gasteiger partial charge in [-0.1, -0.05) is 12.8 Å². The highest BCUT2D eigenvalue weighted by Gasteiger charge is 2.46. The van der Waals surface area contributed by atoms with Crippen LogP contribution in [-0.4, -0.2) is 31.5 Å². The number of hydrogen-bond acceptors (Lipinski definition) is 3. The molecule has 1 N–H and O–H groups in total. The van der Waals surface area contributed by atoms with Crippen molar-refractivity contribution in [1.29, 1.82) is 0 Å². The molecule has 4 nitrogen and oxygen atoms in total. The van der Waals surface area contributed by atoms with Crippen molar-refractivity contribution in [3.8, 4) is 0 Å². The molecular weight excluding hydrogens is 170 g/mol. The Kier molecular flexibility index (Phi) is 2.15. The first-order valence-corrected chi connectivity index (χ1v) is 4.76. The average molecular weight is 185 g/mol. The summed E-state index contributed by atoms with van der Waals surface area (Å²) in [6.07, 6.45) is 3.94. The first kappa shape index (κ1) is 8.81. The molecule has 1 aliphatic heterocycles. The van der Waals surface area contributed by atoms with Gasteiger partial charge in [-0.3, -0.25) is 0 Å². The fourth-order valence-corrected chi connectivity index (χ4v) is 2.31. The molecule has 1 atom stereocenters. The number of methoxy groups -OCH3 is 1. The number of nitrogens with one attached hydrogen (secondary N) is 1. The van der Waals surface area contributed by atoms with Gasteiger partial charge in [0.15, 0.2) is 0 Å². The van der Waals surface area contributed by atoms with Crippen molar-refractivity contribution < 1.29 is 14.3 Å². The third kappa shape index (κ3) is 1.39. The van der Waals surface area contributed by atoms with Crippen LogP contribution >= 0.6 is 0 Å². The maximum Gasteiger partial charge on any atom is 0.407 e. The highest BCUT2D eigenvalue weighted by molar-refractivity contribution is 5.69. The van der Waals surface area contributed by atoms with Gasteiger partial charge in [0.25, 0.3) is 0 Å². The van der Waals surface area contributed by atoms with E-state index < -0.39 is 0 Å². The molecule has 0 bridgehead atoms. The lowest BCUT2D eigenvalue weighted by Crippen LogP contribution is -2.43. The molecule has 4 heteroatoms. The lowest BCUT2D eigenvalue weighted by molar-refractivity contribution is -0.0841. The van der Waals surface area contributed by atoms with Gasteiger partial charge >= 0.3 is 6.09 Å². The minimum atomic E-state index is -0.312. The Morgan fingerprint density at radius 3 is 2.69 bits per heavy atom. The van der Waals surface area contributed by atoms with Crippen LogP contribution in [0.3, 0.4) is 0 Å². The predicted molar refractivity (Wildman–Crippen MR) is 46.5 cm³/mol. The van der Waals surface area contributed by atoms with Crippen LogP contribution in [0.1, 0.15) is 25.7 Å². The normalized spacial score (nSPS) is 31.5. The largest absolute Gasteiger partial charge is 0.441 e. The zero-order valence-corrected chi connectivity index (χ0v) is 7.84. The number of ether oxygens (including phenoxy) is 2. The number of carbonyl (C=O) groups excluding carboxylic acids is 1. The fourth-order valence-electron chi connectivity index (χ4n) is 2.31. The van der Waals surface area contributed by atoms with Gasteiger partial charge in [0, 0.05) is 7.11 Å². The molecule has 0 aromatic carbocycles. The van der Waals surface area contributed by atoms with Gasteiger partial charge in [0.1, 0.15) is 11.7 Å². The second-order valence-electron chi connectivity index (χ2n) is 3.75. The molecule has 1 saturated heterocycles. The topological polar surface area (TPSA) is 47.6 Å². The number of alkyl carbamates (subject to hydrolysis) is 1. The predicted octanol–water partition coefficient (Wildman–Crippen LogP) is 1.05. The first-order chi connectivity index (χ1) is 6.27. The SMILES string of the molecule is COC1(C2CNC(=O)O2)CCCC1.